The number of sulfonamides is 1. The molecule has 0 atom stereocenters. The number of aryl methyl sites for hydroxylation is 1. The molecule has 1 N–H and O–H groups in total. The SMILES string of the molecule is Cc1ccc(S(=O)(=O)Nc2ccccc2-c2cn3ccsc3n2)s1. The summed E-state index contributed by atoms with van der Waals surface area (Å²) in [5.74, 6) is 0. The van der Waals surface area contributed by atoms with Crippen LogP contribution in [-0.4, -0.2) is 17.8 Å². The molecule has 4 aromatic rings. The molecule has 0 radical (unpaired) electrons. The monoisotopic (exact) mass is 375 g/mol. The maximum Gasteiger partial charge on any atom is 0.271 e. The molecule has 0 aliphatic rings. The summed E-state index contributed by atoms with van der Waals surface area (Å²) in [4.78, 5) is 6.39. The number of benzene rings is 1. The van der Waals surface area contributed by atoms with E-state index in [1.807, 2.05) is 41.2 Å². The first-order valence-electron chi connectivity index (χ1n) is 7.14. The molecule has 5 nitrogen and oxygen atoms in total. The van der Waals surface area contributed by atoms with Gasteiger partial charge in [-0.1, -0.05) is 18.2 Å². The fourth-order valence-electron chi connectivity index (χ4n) is 2.40. The highest BCUT2D eigenvalue weighted by Crippen LogP contribution is 2.31. The molecule has 0 saturated heterocycles. The summed E-state index contributed by atoms with van der Waals surface area (Å²) in [7, 11) is -3.60. The number of nitrogens with zero attached hydrogens (tertiary/aromatic N) is 2. The quantitative estimate of drug-likeness (QED) is 0.580. The Morgan fingerprint density at radius 3 is 2.75 bits per heavy atom. The Kier molecular flexibility index (Phi) is 3.67. The van der Waals surface area contributed by atoms with Crippen LogP contribution in [0.5, 0.6) is 0 Å². The fraction of sp³-hybridized carbons (Fsp3) is 0.0625. The van der Waals surface area contributed by atoms with Gasteiger partial charge in [-0.2, -0.15) is 0 Å². The minimum absolute atomic E-state index is 0.306. The molecule has 8 heteroatoms. The Balaban J connectivity index is 1.75. The van der Waals surface area contributed by atoms with Crippen LogP contribution in [0, 0.1) is 6.92 Å². The number of fused-ring (bicyclic) bond motifs is 1. The molecule has 0 bridgehead atoms. The topological polar surface area (TPSA) is 63.5 Å². The van der Waals surface area contributed by atoms with Crippen LogP contribution in [-0.2, 0) is 10.0 Å². The van der Waals surface area contributed by atoms with Gasteiger partial charge in [0.25, 0.3) is 10.0 Å². The third kappa shape index (κ3) is 2.72. The molecule has 0 aliphatic heterocycles. The predicted octanol–water partition coefficient (Wildman–Crippen LogP) is 4.23. The van der Waals surface area contributed by atoms with Gasteiger partial charge in [0.1, 0.15) is 4.21 Å². The predicted molar refractivity (Wildman–Crippen MR) is 98.4 cm³/mol. The first-order valence-corrected chi connectivity index (χ1v) is 10.3. The van der Waals surface area contributed by atoms with E-state index in [1.165, 1.54) is 22.7 Å². The number of para-hydroxylation sites is 1. The summed E-state index contributed by atoms with van der Waals surface area (Å²) in [6.07, 6.45) is 3.83. The van der Waals surface area contributed by atoms with Gasteiger partial charge in [-0.05, 0) is 25.1 Å². The Morgan fingerprint density at radius 1 is 1.17 bits per heavy atom. The maximum atomic E-state index is 12.6. The molecule has 3 aromatic heterocycles. The van der Waals surface area contributed by atoms with Gasteiger partial charge in [-0.25, -0.2) is 13.4 Å². The largest absolute Gasteiger partial charge is 0.297 e. The van der Waals surface area contributed by atoms with E-state index < -0.39 is 10.0 Å². The summed E-state index contributed by atoms with van der Waals surface area (Å²) >= 11 is 2.79. The smallest absolute Gasteiger partial charge is 0.271 e. The Morgan fingerprint density at radius 2 is 2.00 bits per heavy atom. The molecule has 24 heavy (non-hydrogen) atoms. The van der Waals surface area contributed by atoms with E-state index >= 15 is 0 Å². The van der Waals surface area contributed by atoms with E-state index in [4.69, 9.17) is 0 Å². The van der Waals surface area contributed by atoms with Crippen molar-refractivity contribution >= 4 is 43.3 Å². The molecular formula is C16H13N3O2S3. The van der Waals surface area contributed by atoms with Gasteiger partial charge in [0.15, 0.2) is 4.96 Å². The second-order valence-corrected chi connectivity index (χ2v) is 9.31. The van der Waals surface area contributed by atoms with Crippen LogP contribution in [0.4, 0.5) is 5.69 Å². The van der Waals surface area contributed by atoms with E-state index in [0.717, 1.165) is 21.1 Å². The number of thiophene rings is 1. The van der Waals surface area contributed by atoms with Gasteiger partial charge < -0.3 is 0 Å². The summed E-state index contributed by atoms with van der Waals surface area (Å²) in [5, 5.41) is 1.96. The molecule has 0 saturated carbocycles. The Hall–Kier alpha value is -2.16. The molecule has 3 heterocycles. The zero-order valence-electron chi connectivity index (χ0n) is 12.6. The van der Waals surface area contributed by atoms with E-state index in [2.05, 4.69) is 9.71 Å². The molecule has 0 aliphatic carbocycles. The zero-order valence-corrected chi connectivity index (χ0v) is 15.1. The van der Waals surface area contributed by atoms with E-state index in [9.17, 15) is 8.42 Å². The first kappa shape index (κ1) is 15.4. The number of aromatic nitrogens is 2. The molecule has 122 valence electrons. The number of nitrogens with one attached hydrogen (secondary N) is 1. The molecule has 1 aromatic carbocycles. The summed E-state index contributed by atoms with van der Waals surface area (Å²) in [5.41, 5.74) is 2.02. The van der Waals surface area contributed by atoms with Crippen molar-refractivity contribution in [3.8, 4) is 11.3 Å². The van der Waals surface area contributed by atoms with Gasteiger partial charge in [0, 0.05) is 28.2 Å². The van der Waals surface area contributed by atoms with Crippen molar-refractivity contribution in [2.45, 2.75) is 11.1 Å². The van der Waals surface area contributed by atoms with Gasteiger partial charge in [-0.3, -0.25) is 9.12 Å². The number of anilines is 1. The van der Waals surface area contributed by atoms with Crippen LogP contribution < -0.4 is 4.72 Å². The lowest BCUT2D eigenvalue weighted by Gasteiger charge is -2.10. The summed E-state index contributed by atoms with van der Waals surface area (Å²) in [6.45, 7) is 1.88. The number of thiazole rings is 1. The van der Waals surface area contributed by atoms with Crippen molar-refractivity contribution in [1.82, 2.24) is 9.38 Å². The lowest BCUT2D eigenvalue weighted by atomic mass is 10.1. The number of imidazole rings is 1. The highest BCUT2D eigenvalue weighted by Gasteiger charge is 2.19. The first-order chi connectivity index (χ1) is 11.5. The number of hydrogen-bond acceptors (Lipinski definition) is 5. The van der Waals surface area contributed by atoms with Crippen molar-refractivity contribution in [1.29, 1.82) is 0 Å². The van der Waals surface area contributed by atoms with Crippen LogP contribution in [0.25, 0.3) is 16.2 Å². The van der Waals surface area contributed by atoms with E-state index in [0.29, 0.717) is 9.90 Å². The van der Waals surface area contributed by atoms with Crippen molar-refractivity contribution < 1.29 is 8.42 Å². The lowest BCUT2D eigenvalue weighted by molar-refractivity contribution is 0.603. The molecule has 0 amide bonds. The summed E-state index contributed by atoms with van der Waals surface area (Å²) in [6, 6.07) is 10.7. The van der Waals surface area contributed by atoms with Crippen LogP contribution in [0.2, 0.25) is 0 Å². The fourth-order valence-corrected chi connectivity index (χ4v) is 5.47. The second kappa shape index (κ2) is 5.73. The van der Waals surface area contributed by atoms with Crippen LogP contribution in [0.1, 0.15) is 4.88 Å². The third-order valence-corrected chi connectivity index (χ3v) is 7.15. The van der Waals surface area contributed by atoms with E-state index in [1.54, 1.807) is 24.3 Å². The van der Waals surface area contributed by atoms with Crippen molar-refractivity contribution in [3.63, 3.8) is 0 Å². The molecular weight excluding hydrogens is 362 g/mol. The average Bonchev–Trinajstić information content (AvgIpc) is 3.22. The normalized spacial score (nSPS) is 11.9. The second-order valence-electron chi connectivity index (χ2n) is 5.24. The summed E-state index contributed by atoms with van der Waals surface area (Å²) < 4.78 is 30.1. The number of rotatable bonds is 4. The third-order valence-electron chi connectivity index (χ3n) is 3.52. The number of hydrogen-bond donors (Lipinski definition) is 1. The van der Waals surface area contributed by atoms with Gasteiger partial charge in [0.2, 0.25) is 0 Å². The zero-order chi connectivity index (χ0) is 16.7. The van der Waals surface area contributed by atoms with Gasteiger partial charge >= 0.3 is 0 Å². The van der Waals surface area contributed by atoms with Crippen LogP contribution in [0.3, 0.4) is 0 Å². The lowest BCUT2D eigenvalue weighted by Crippen LogP contribution is -2.12. The maximum absolute atomic E-state index is 12.6. The van der Waals surface area contributed by atoms with Gasteiger partial charge in [-0.15, -0.1) is 22.7 Å². The van der Waals surface area contributed by atoms with Crippen molar-refractivity contribution in [2.24, 2.45) is 0 Å². The molecule has 0 unspecified atom stereocenters. The van der Waals surface area contributed by atoms with Crippen molar-refractivity contribution in [3.05, 3.63) is 59.0 Å². The highest BCUT2D eigenvalue weighted by molar-refractivity contribution is 7.94. The standard InChI is InChI=1S/C16H13N3O2S3/c1-11-6-7-15(23-11)24(20,21)18-13-5-3-2-4-12(13)14-10-19-8-9-22-16(19)17-14/h2-10,18H,1H3. The van der Waals surface area contributed by atoms with Crippen LogP contribution in [0.15, 0.2) is 58.4 Å². The molecule has 0 spiro atoms. The minimum Gasteiger partial charge on any atom is -0.297 e. The van der Waals surface area contributed by atoms with E-state index in [-0.39, 0.29) is 0 Å². The average molecular weight is 376 g/mol. The molecule has 0 fully saturated rings. The Labute approximate surface area is 147 Å². The molecule has 4 rings (SSSR count). The van der Waals surface area contributed by atoms with Crippen molar-refractivity contribution in [2.75, 3.05) is 4.72 Å². The Bertz CT molecular complexity index is 1090. The van der Waals surface area contributed by atoms with Crippen LogP contribution >= 0.6 is 22.7 Å². The van der Waals surface area contributed by atoms with Gasteiger partial charge in [0.05, 0.1) is 11.4 Å². The highest BCUT2D eigenvalue weighted by atomic mass is 32.2. The minimum atomic E-state index is -3.60.